The SMILES string of the molecule is O=C(CN1CCc2nc(NC(=O)NC3CCCC3)sc2C1)Nc1ccccc1F. The van der Waals surface area contributed by atoms with E-state index in [-0.39, 0.29) is 30.2 Å². The smallest absolute Gasteiger partial charge is 0.321 e. The highest BCUT2D eigenvalue weighted by Crippen LogP contribution is 2.28. The van der Waals surface area contributed by atoms with Gasteiger partial charge in [0.15, 0.2) is 5.13 Å². The molecule has 3 N–H and O–H groups in total. The van der Waals surface area contributed by atoms with Crippen molar-refractivity contribution < 1.29 is 14.0 Å². The molecule has 2 aromatic rings. The molecule has 1 aromatic carbocycles. The largest absolute Gasteiger partial charge is 0.335 e. The second-order valence-electron chi connectivity index (χ2n) is 7.46. The van der Waals surface area contributed by atoms with E-state index in [9.17, 15) is 14.0 Å². The predicted octanol–water partition coefficient (Wildman–Crippen LogP) is 3.34. The lowest BCUT2D eigenvalue weighted by Gasteiger charge is -2.25. The van der Waals surface area contributed by atoms with Gasteiger partial charge in [-0.1, -0.05) is 25.0 Å². The van der Waals surface area contributed by atoms with Gasteiger partial charge >= 0.3 is 6.03 Å². The van der Waals surface area contributed by atoms with Crippen LogP contribution >= 0.6 is 11.3 Å². The quantitative estimate of drug-likeness (QED) is 0.696. The fourth-order valence-electron chi connectivity index (χ4n) is 3.78. The summed E-state index contributed by atoms with van der Waals surface area (Å²) < 4.78 is 13.7. The number of urea groups is 1. The fraction of sp³-hybridized carbons (Fsp3) is 0.450. The average molecular weight is 418 g/mol. The standard InChI is InChI=1S/C20H24FN5O2S/c21-14-7-3-4-8-15(14)23-18(27)12-26-10-9-16-17(11-26)29-20(24-16)25-19(28)22-13-5-1-2-6-13/h3-4,7-8,13H,1-2,5-6,9-12H2,(H,23,27)(H2,22,24,25,28). The van der Waals surface area contributed by atoms with Gasteiger partial charge in [0.1, 0.15) is 5.82 Å². The maximum Gasteiger partial charge on any atom is 0.321 e. The van der Waals surface area contributed by atoms with Crippen LogP contribution in [0.4, 0.5) is 20.0 Å². The highest BCUT2D eigenvalue weighted by Gasteiger charge is 2.24. The lowest BCUT2D eigenvalue weighted by Crippen LogP contribution is -2.36. The molecule has 1 aliphatic carbocycles. The molecule has 4 rings (SSSR count). The van der Waals surface area contributed by atoms with Crippen LogP contribution in [-0.2, 0) is 17.8 Å². The third kappa shape index (κ3) is 5.10. The molecule has 2 aliphatic rings. The van der Waals surface area contributed by atoms with Crippen LogP contribution in [0.1, 0.15) is 36.3 Å². The summed E-state index contributed by atoms with van der Waals surface area (Å²) in [6.45, 7) is 1.45. The van der Waals surface area contributed by atoms with Crippen molar-refractivity contribution in [3.63, 3.8) is 0 Å². The number of thiazole rings is 1. The molecule has 0 atom stereocenters. The minimum atomic E-state index is -0.448. The number of para-hydroxylation sites is 1. The summed E-state index contributed by atoms with van der Waals surface area (Å²) in [6, 6.07) is 6.18. The van der Waals surface area contributed by atoms with Gasteiger partial charge in [-0.15, -0.1) is 11.3 Å². The highest BCUT2D eigenvalue weighted by atomic mass is 32.1. The highest BCUT2D eigenvalue weighted by molar-refractivity contribution is 7.15. The summed E-state index contributed by atoms with van der Waals surface area (Å²) in [7, 11) is 0. The van der Waals surface area contributed by atoms with E-state index in [0.29, 0.717) is 24.6 Å². The molecule has 29 heavy (non-hydrogen) atoms. The molecule has 3 amide bonds. The molecule has 0 unspecified atom stereocenters. The van der Waals surface area contributed by atoms with Gasteiger partial charge in [0.25, 0.3) is 0 Å². The zero-order valence-electron chi connectivity index (χ0n) is 16.0. The first kappa shape index (κ1) is 19.8. The Bertz CT molecular complexity index is 897. The van der Waals surface area contributed by atoms with Crippen molar-refractivity contribution in [3.8, 4) is 0 Å². The van der Waals surface area contributed by atoms with Crippen molar-refractivity contribution in [2.24, 2.45) is 0 Å². The van der Waals surface area contributed by atoms with E-state index in [1.807, 2.05) is 4.90 Å². The zero-order chi connectivity index (χ0) is 20.2. The van der Waals surface area contributed by atoms with E-state index < -0.39 is 5.82 Å². The van der Waals surface area contributed by atoms with Crippen molar-refractivity contribution >= 4 is 34.1 Å². The van der Waals surface area contributed by atoms with Crippen molar-refractivity contribution in [1.29, 1.82) is 0 Å². The van der Waals surface area contributed by atoms with Crippen molar-refractivity contribution in [3.05, 3.63) is 40.7 Å². The summed E-state index contributed by atoms with van der Waals surface area (Å²) in [4.78, 5) is 32.0. The summed E-state index contributed by atoms with van der Waals surface area (Å²) in [5.74, 6) is -0.701. The minimum absolute atomic E-state index is 0.177. The average Bonchev–Trinajstić information content (AvgIpc) is 3.32. The summed E-state index contributed by atoms with van der Waals surface area (Å²) in [6.07, 6.45) is 5.11. The van der Waals surface area contributed by atoms with Crippen molar-refractivity contribution in [2.45, 2.75) is 44.7 Å². The molecule has 7 nitrogen and oxygen atoms in total. The van der Waals surface area contributed by atoms with Crippen LogP contribution in [0.3, 0.4) is 0 Å². The van der Waals surface area contributed by atoms with Crippen LogP contribution in [0.15, 0.2) is 24.3 Å². The Morgan fingerprint density at radius 3 is 2.79 bits per heavy atom. The number of hydrogen-bond acceptors (Lipinski definition) is 5. The predicted molar refractivity (Wildman–Crippen MR) is 111 cm³/mol. The number of fused-ring (bicyclic) bond motifs is 1. The summed E-state index contributed by atoms with van der Waals surface area (Å²) in [5, 5.41) is 9.03. The Hall–Kier alpha value is -2.52. The summed E-state index contributed by atoms with van der Waals surface area (Å²) >= 11 is 1.44. The van der Waals surface area contributed by atoms with Crippen molar-refractivity contribution in [2.75, 3.05) is 23.7 Å². The van der Waals surface area contributed by atoms with Gasteiger partial charge in [0.2, 0.25) is 5.91 Å². The lowest BCUT2D eigenvalue weighted by molar-refractivity contribution is -0.117. The van der Waals surface area contributed by atoms with Gasteiger partial charge in [0.05, 0.1) is 17.9 Å². The molecule has 0 radical (unpaired) electrons. The number of rotatable bonds is 5. The van der Waals surface area contributed by atoms with Gasteiger partial charge in [0, 0.05) is 30.4 Å². The third-order valence-corrected chi connectivity index (χ3v) is 6.23. The molecule has 1 fully saturated rings. The number of nitrogens with zero attached hydrogens (tertiary/aromatic N) is 2. The Labute approximate surface area is 172 Å². The van der Waals surface area contributed by atoms with E-state index in [2.05, 4.69) is 20.9 Å². The third-order valence-electron chi connectivity index (χ3n) is 5.24. The molecule has 1 saturated carbocycles. The molecule has 1 aromatic heterocycles. The molecule has 0 saturated heterocycles. The maximum atomic E-state index is 13.7. The fourth-order valence-corrected chi connectivity index (χ4v) is 4.83. The number of benzene rings is 1. The molecule has 9 heteroatoms. The topological polar surface area (TPSA) is 86.4 Å². The van der Waals surface area contributed by atoms with Gasteiger partial charge < -0.3 is 10.6 Å². The second-order valence-corrected chi connectivity index (χ2v) is 8.54. The Morgan fingerprint density at radius 2 is 2.00 bits per heavy atom. The number of anilines is 2. The van der Waals surface area contributed by atoms with E-state index in [0.717, 1.165) is 36.3 Å². The number of amides is 3. The van der Waals surface area contributed by atoms with Gasteiger partial charge in [-0.3, -0.25) is 15.0 Å². The number of hydrogen-bond donors (Lipinski definition) is 3. The van der Waals surface area contributed by atoms with Crippen LogP contribution in [0.5, 0.6) is 0 Å². The van der Waals surface area contributed by atoms with Crippen molar-refractivity contribution in [1.82, 2.24) is 15.2 Å². The van der Waals surface area contributed by atoms with Gasteiger partial charge in [-0.05, 0) is 25.0 Å². The van der Waals surface area contributed by atoms with Crippen LogP contribution in [0.25, 0.3) is 0 Å². The number of halogens is 1. The first-order valence-electron chi connectivity index (χ1n) is 9.89. The number of carbonyl (C=O) groups is 2. The molecule has 2 heterocycles. The van der Waals surface area contributed by atoms with Gasteiger partial charge in [-0.25, -0.2) is 14.2 Å². The van der Waals surface area contributed by atoms with E-state index >= 15 is 0 Å². The molecule has 0 spiro atoms. The van der Waals surface area contributed by atoms with E-state index in [4.69, 9.17) is 0 Å². The Morgan fingerprint density at radius 1 is 1.21 bits per heavy atom. The van der Waals surface area contributed by atoms with Crippen LogP contribution in [0, 0.1) is 5.82 Å². The molecule has 1 aliphatic heterocycles. The minimum Gasteiger partial charge on any atom is -0.335 e. The number of nitrogens with one attached hydrogen (secondary N) is 3. The lowest BCUT2D eigenvalue weighted by atomic mass is 10.2. The van der Waals surface area contributed by atoms with Crippen LogP contribution < -0.4 is 16.0 Å². The van der Waals surface area contributed by atoms with Crippen LogP contribution in [-0.4, -0.2) is 41.0 Å². The molecular weight excluding hydrogens is 393 g/mol. The zero-order valence-corrected chi connectivity index (χ0v) is 16.9. The summed E-state index contributed by atoms with van der Waals surface area (Å²) in [5.41, 5.74) is 1.16. The van der Waals surface area contributed by atoms with Crippen LogP contribution in [0.2, 0.25) is 0 Å². The second kappa shape index (κ2) is 8.87. The molecular formula is C20H24FN5O2S. The normalized spacial score (nSPS) is 17.0. The maximum absolute atomic E-state index is 13.7. The molecule has 154 valence electrons. The first-order valence-corrected chi connectivity index (χ1v) is 10.7. The molecule has 0 bridgehead atoms. The van der Waals surface area contributed by atoms with E-state index in [1.54, 1.807) is 18.2 Å². The first-order chi connectivity index (χ1) is 14.1. The Balaban J connectivity index is 1.30. The monoisotopic (exact) mass is 417 g/mol. The number of aromatic nitrogens is 1. The number of carbonyl (C=O) groups excluding carboxylic acids is 2. The Kier molecular flexibility index (Phi) is 6.05. The van der Waals surface area contributed by atoms with E-state index in [1.165, 1.54) is 17.4 Å². The van der Waals surface area contributed by atoms with Gasteiger partial charge in [-0.2, -0.15) is 0 Å².